The van der Waals surface area contributed by atoms with E-state index in [1.165, 1.54) is 12.1 Å². The first-order valence-corrected chi connectivity index (χ1v) is 6.00. The molecule has 94 valence electrons. The van der Waals surface area contributed by atoms with Crippen molar-refractivity contribution in [3.05, 3.63) is 24.0 Å². The van der Waals surface area contributed by atoms with Gasteiger partial charge in [-0.2, -0.15) is 0 Å². The standard InChI is InChI=1S/C13H19FN2O/c1-16(9-10-4-6-17-7-5-10)13-8-11(14)2-3-12(13)15/h2-3,8,10H,4-7,9,15H2,1H3. The number of nitrogens with two attached hydrogens (primary N) is 1. The molecule has 1 aromatic carbocycles. The molecule has 0 unspecified atom stereocenters. The second-order valence-electron chi connectivity index (χ2n) is 4.64. The Morgan fingerprint density at radius 2 is 2.12 bits per heavy atom. The molecular weight excluding hydrogens is 219 g/mol. The zero-order valence-electron chi connectivity index (χ0n) is 10.2. The molecule has 0 atom stereocenters. The number of hydrogen-bond donors (Lipinski definition) is 1. The lowest BCUT2D eigenvalue weighted by Gasteiger charge is -2.29. The van der Waals surface area contributed by atoms with Gasteiger partial charge in [0.15, 0.2) is 0 Å². The highest BCUT2D eigenvalue weighted by Gasteiger charge is 2.17. The zero-order chi connectivity index (χ0) is 12.3. The van der Waals surface area contributed by atoms with Gasteiger partial charge in [-0.3, -0.25) is 0 Å². The van der Waals surface area contributed by atoms with Crippen LogP contribution in [-0.4, -0.2) is 26.8 Å². The van der Waals surface area contributed by atoms with Crippen LogP contribution in [0.1, 0.15) is 12.8 Å². The Labute approximate surface area is 101 Å². The van der Waals surface area contributed by atoms with Crippen molar-refractivity contribution in [2.24, 2.45) is 5.92 Å². The van der Waals surface area contributed by atoms with Gasteiger partial charge in [-0.05, 0) is 37.0 Å². The molecular formula is C13H19FN2O. The summed E-state index contributed by atoms with van der Waals surface area (Å²) in [7, 11) is 1.96. The minimum atomic E-state index is -0.243. The van der Waals surface area contributed by atoms with Crippen molar-refractivity contribution in [1.82, 2.24) is 0 Å². The lowest BCUT2D eigenvalue weighted by molar-refractivity contribution is 0.0685. The Hall–Kier alpha value is -1.29. The first-order valence-electron chi connectivity index (χ1n) is 6.00. The Balaban J connectivity index is 2.02. The smallest absolute Gasteiger partial charge is 0.125 e. The number of nitrogens with zero attached hydrogens (tertiary/aromatic N) is 1. The average Bonchev–Trinajstić information content (AvgIpc) is 2.33. The number of hydrogen-bond acceptors (Lipinski definition) is 3. The van der Waals surface area contributed by atoms with Crippen LogP contribution >= 0.6 is 0 Å². The third kappa shape index (κ3) is 3.09. The fourth-order valence-corrected chi connectivity index (χ4v) is 2.26. The van der Waals surface area contributed by atoms with Gasteiger partial charge in [0.05, 0.1) is 11.4 Å². The lowest BCUT2D eigenvalue weighted by Crippen LogP contribution is -2.30. The third-order valence-electron chi connectivity index (χ3n) is 3.28. The molecule has 17 heavy (non-hydrogen) atoms. The SMILES string of the molecule is CN(CC1CCOCC1)c1cc(F)ccc1N. The quantitative estimate of drug-likeness (QED) is 0.821. The van der Waals surface area contributed by atoms with Crippen LogP contribution in [0, 0.1) is 11.7 Å². The van der Waals surface area contributed by atoms with Gasteiger partial charge in [0.2, 0.25) is 0 Å². The van der Waals surface area contributed by atoms with E-state index >= 15 is 0 Å². The van der Waals surface area contributed by atoms with Crippen LogP contribution in [0.2, 0.25) is 0 Å². The molecule has 1 fully saturated rings. The molecule has 2 rings (SSSR count). The van der Waals surface area contributed by atoms with Crippen molar-refractivity contribution >= 4 is 11.4 Å². The number of rotatable bonds is 3. The molecule has 0 aliphatic carbocycles. The maximum atomic E-state index is 13.2. The van der Waals surface area contributed by atoms with Crippen molar-refractivity contribution in [2.75, 3.05) is 37.4 Å². The van der Waals surface area contributed by atoms with Crippen molar-refractivity contribution in [3.63, 3.8) is 0 Å². The summed E-state index contributed by atoms with van der Waals surface area (Å²) in [6.45, 7) is 2.56. The normalized spacial score (nSPS) is 17.1. The summed E-state index contributed by atoms with van der Waals surface area (Å²) >= 11 is 0. The fraction of sp³-hybridized carbons (Fsp3) is 0.538. The molecule has 1 aromatic rings. The van der Waals surface area contributed by atoms with E-state index in [-0.39, 0.29) is 5.82 Å². The van der Waals surface area contributed by atoms with E-state index in [0.29, 0.717) is 11.6 Å². The molecule has 0 bridgehead atoms. The minimum Gasteiger partial charge on any atom is -0.397 e. The van der Waals surface area contributed by atoms with Gasteiger partial charge in [-0.25, -0.2) is 4.39 Å². The van der Waals surface area contributed by atoms with E-state index in [2.05, 4.69) is 0 Å². The maximum Gasteiger partial charge on any atom is 0.125 e. The second kappa shape index (κ2) is 5.36. The number of ether oxygens (including phenoxy) is 1. The highest BCUT2D eigenvalue weighted by molar-refractivity contribution is 5.67. The van der Waals surface area contributed by atoms with Crippen molar-refractivity contribution in [2.45, 2.75) is 12.8 Å². The summed E-state index contributed by atoms with van der Waals surface area (Å²) < 4.78 is 18.5. The number of benzene rings is 1. The number of anilines is 2. The van der Waals surface area contributed by atoms with Crippen molar-refractivity contribution < 1.29 is 9.13 Å². The molecule has 1 aliphatic heterocycles. The molecule has 1 aliphatic rings. The summed E-state index contributed by atoms with van der Waals surface area (Å²) in [6, 6.07) is 4.50. The van der Waals surface area contributed by atoms with Crippen LogP contribution in [0.4, 0.5) is 15.8 Å². The Morgan fingerprint density at radius 3 is 2.82 bits per heavy atom. The summed E-state index contributed by atoms with van der Waals surface area (Å²) in [5.74, 6) is 0.365. The lowest BCUT2D eigenvalue weighted by atomic mass is 9.99. The maximum absolute atomic E-state index is 13.2. The van der Waals surface area contributed by atoms with Crippen LogP contribution in [0.5, 0.6) is 0 Å². The monoisotopic (exact) mass is 238 g/mol. The van der Waals surface area contributed by atoms with Gasteiger partial charge in [0.25, 0.3) is 0 Å². The van der Waals surface area contributed by atoms with E-state index in [1.54, 1.807) is 6.07 Å². The van der Waals surface area contributed by atoms with Gasteiger partial charge >= 0.3 is 0 Å². The van der Waals surface area contributed by atoms with Gasteiger partial charge < -0.3 is 15.4 Å². The van der Waals surface area contributed by atoms with E-state index in [1.807, 2.05) is 11.9 Å². The molecule has 0 saturated carbocycles. The predicted molar refractivity (Wildman–Crippen MR) is 67.6 cm³/mol. The van der Waals surface area contributed by atoms with Crippen LogP contribution in [0.15, 0.2) is 18.2 Å². The van der Waals surface area contributed by atoms with Crippen molar-refractivity contribution in [1.29, 1.82) is 0 Å². The molecule has 2 N–H and O–H groups in total. The Kier molecular flexibility index (Phi) is 3.84. The molecule has 0 amide bonds. The van der Waals surface area contributed by atoms with E-state index < -0.39 is 0 Å². The Morgan fingerprint density at radius 1 is 1.41 bits per heavy atom. The summed E-state index contributed by atoms with van der Waals surface area (Å²) in [5, 5.41) is 0. The highest BCUT2D eigenvalue weighted by Crippen LogP contribution is 2.25. The fourth-order valence-electron chi connectivity index (χ4n) is 2.26. The summed E-state index contributed by atoms with van der Waals surface area (Å²) in [4.78, 5) is 2.04. The molecule has 0 aromatic heterocycles. The topological polar surface area (TPSA) is 38.5 Å². The third-order valence-corrected chi connectivity index (χ3v) is 3.28. The largest absolute Gasteiger partial charge is 0.397 e. The van der Waals surface area contributed by atoms with E-state index in [4.69, 9.17) is 10.5 Å². The number of nitrogen functional groups attached to an aromatic ring is 1. The van der Waals surface area contributed by atoms with Crippen LogP contribution in [-0.2, 0) is 4.74 Å². The van der Waals surface area contributed by atoms with Crippen LogP contribution in [0.25, 0.3) is 0 Å². The zero-order valence-corrected chi connectivity index (χ0v) is 10.2. The molecule has 4 heteroatoms. The van der Waals surface area contributed by atoms with Crippen LogP contribution in [0.3, 0.4) is 0 Å². The van der Waals surface area contributed by atoms with Gasteiger partial charge in [0.1, 0.15) is 5.82 Å². The van der Waals surface area contributed by atoms with E-state index in [0.717, 1.165) is 38.3 Å². The van der Waals surface area contributed by atoms with Gasteiger partial charge in [-0.1, -0.05) is 0 Å². The summed E-state index contributed by atoms with van der Waals surface area (Å²) in [5.41, 5.74) is 7.26. The predicted octanol–water partition coefficient (Wildman–Crippen LogP) is 2.27. The molecule has 0 spiro atoms. The average molecular weight is 238 g/mol. The van der Waals surface area contributed by atoms with Gasteiger partial charge in [-0.15, -0.1) is 0 Å². The van der Waals surface area contributed by atoms with Gasteiger partial charge in [0, 0.05) is 26.8 Å². The van der Waals surface area contributed by atoms with E-state index in [9.17, 15) is 4.39 Å². The first-order chi connectivity index (χ1) is 8.16. The summed E-state index contributed by atoms with van der Waals surface area (Å²) in [6.07, 6.45) is 2.14. The molecule has 1 heterocycles. The van der Waals surface area contributed by atoms with Crippen LogP contribution < -0.4 is 10.6 Å². The first kappa shape index (κ1) is 12.2. The Bertz CT molecular complexity index is 378. The number of halogens is 1. The second-order valence-corrected chi connectivity index (χ2v) is 4.64. The van der Waals surface area contributed by atoms with Crippen molar-refractivity contribution in [3.8, 4) is 0 Å². The highest BCUT2D eigenvalue weighted by atomic mass is 19.1. The minimum absolute atomic E-state index is 0.243. The molecule has 0 radical (unpaired) electrons. The molecule has 1 saturated heterocycles. The molecule has 3 nitrogen and oxygen atoms in total.